The van der Waals surface area contributed by atoms with Gasteiger partial charge in [-0.2, -0.15) is 5.10 Å². The average Bonchev–Trinajstić information content (AvgIpc) is 3.43. The topological polar surface area (TPSA) is 113 Å². The number of fused-ring (bicyclic) bond motifs is 1. The van der Waals surface area contributed by atoms with Crippen LogP contribution in [0, 0.1) is 6.92 Å². The predicted molar refractivity (Wildman–Crippen MR) is 137 cm³/mol. The Bertz CT molecular complexity index is 1540. The number of benzene rings is 2. The average molecular weight is 574 g/mol. The minimum atomic E-state index is -3.37. The first-order valence-electron chi connectivity index (χ1n) is 12.4. The Kier molecular flexibility index (Phi) is 7.37. The molecular formula is C27H23ClF3N5O4. The number of halogens is 4. The number of carbonyl (C=O) groups is 4. The van der Waals surface area contributed by atoms with Gasteiger partial charge < -0.3 is 10.2 Å². The molecule has 40 heavy (non-hydrogen) atoms. The van der Waals surface area contributed by atoms with E-state index in [0.717, 1.165) is 0 Å². The maximum absolute atomic E-state index is 14.5. The van der Waals surface area contributed by atoms with Crippen molar-refractivity contribution in [2.24, 2.45) is 0 Å². The second-order valence-corrected chi connectivity index (χ2v) is 9.99. The number of rotatable bonds is 7. The van der Waals surface area contributed by atoms with Crippen molar-refractivity contribution in [2.75, 3.05) is 0 Å². The number of imide groups is 1. The van der Waals surface area contributed by atoms with E-state index in [1.807, 2.05) is 0 Å². The summed E-state index contributed by atoms with van der Waals surface area (Å²) in [5, 5.41) is 9.10. The van der Waals surface area contributed by atoms with Crippen molar-refractivity contribution < 1.29 is 32.3 Å². The lowest BCUT2D eigenvalue weighted by Crippen LogP contribution is -2.52. The van der Waals surface area contributed by atoms with Gasteiger partial charge in [0.25, 0.3) is 24.5 Å². The summed E-state index contributed by atoms with van der Waals surface area (Å²) in [6.45, 7) is 1.66. The monoisotopic (exact) mass is 573 g/mol. The summed E-state index contributed by atoms with van der Waals surface area (Å²) in [5.41, 5.74) is 2.01. The van der Waals surface area contributed by atoms with Gasteiger partial charge in [-0.15, -0.1) is 0 Å². The van der Waals surface area contributed by atoms with Gasteiger partial charge in [-0.1, -0.05) is 35.9 Å². The van der Waals surface area contributed by atoms with E-state index >= 15 is 0 Å². The van der Waals surface area contributed by atoms with Gasteiger partial charge in [0.05, 0.1) is 5.69 Å². The van der Waals surface area contributed by atoms with Crippen LogP contribution in [-0.2, 0) is 22.7 Å². The Hall–Kier alpha value is -4.19. The third-order valence-corrected chi connectivity index (χ3v) is 7.18. The van der Waals surface area contributed by atoms with Crippen LogP contribution in [-0.4, -0.2) is 50.8 Å². The molecule has 3 heterocycles. The Morgan fingerprint density at radius 3 is 2.65 bits per heavy atom. The van der Waals surface area contributed by atoms with Gasteiger partial charge in [0.1, 0.15) is 6.04 Å². The number of nitrogens with one attached hydrogen (secondary N) is 2. The number of hydrogen-bond acceptors (Lipinski definition) is 5. The minimum absolute atomic E-state index is 0.00466. The lowest BCUT2D eigenvalue weighted by atomic mass is 10.0. The lowest BCUT2D eigenvalue weighted by molar-refractivity contribution is -0.136. The minimum Gasteiger partial charge on any atom is -0.347 e. The van der Waals surface area contributed by atoms with Gasteiger partial charge in [-0.25, -0.2) is 17.9 Å². The molecule has 1 fully saturated rings. The summed E-state index contributed by atoms with van der Waals surface area (Å²) in [4.78, 5) is 51.1. The first-order valence-corrected chi connectivity index (χ1v) is 12.7. The Labute approximate surface area is 231 Å². The van der Waals surface area contributed by atoms with Crippen LogP contribution in [0.25, 0.3) is 11.3 Å². The number of hydrogen-bond donors (Lipinski definition) is 2. The van der Waals surface area contributed by atoms with Crippen LogP contribution >= 0.6 is 11.6 Å². The number of aromatic nitrogens is 2. The number of alkyl halides is 3. The summed E-state index contributed by atoms with van der Waals surface area (Å²) in [6.07, 6.45) is -5.78. The van der Waals surface area contributed by atoms with Crippen LogP contribution < -0.4 is 10.6 Å². The SMILES string of the molecule is Cc1c(C(=O)NCc2ccc3c(c2)CN(C2CCC(=O)NC2=O)C3=O)nn(C(F)C(F)F)c1-c1cccc(Cl)c1. The fourth-order valence-corrected chi connectivity index (χ4v) is 5.20. The van der Waals surface area contributed by atoms with E-state index < -0.39 is 30.6 Å². The summed E-state index contributed by atoms with van der Waals surface area (Å²) >= 11 is 6.04. The van der Waals surface area contributed by atoms with Crippen LogP contribution in [0.2, 0.25) is 5.02 Å². The molecule has 2 unspecified atom stereocenters. The molecular weight excluding hydrogens is 551 g/mol. The third kappa shape index (κ3) is 5.06. The van der Waals surface area contributed by atoms with Crippen LogP contribution in [0.1, 0.15) is 56.7 Å². The molecule has 0 aliphatic carbocycles. The largest absolute Gasteiger partial charge is 0.347 e. The molecule has 3 aromatic rings. The summed E-state index contributed by atoms with van der Waals surface area (Å²) in [6, 6.07) is 10.4. The van der Waals surface area contributed by atoms with Crippen LogP contribution in [0.5, 0.6) is 0 Å². The summed E-state index contributed by atoms with van der Waals surface area (Å²) in [7, 11) is 0. The fourth-order valence-electron chi connectivity index (χ4n) is 5.01. The van der Waals surface area contributed by atoms with Gasteiger partial charge in [-0.05, 0) is 42.7 Å². The van der Waals surface area contributed by atoms with E-state index in [0.29, 0.717) is 32.0 Å². The molecule has 2 atom stereocenters. The zero-order valence-corrected chi connectivity index (χ0v) is 21.8. The molecule has 1 saturated heterocycles. The van der Waals surface area contributed by atoms with Crippen molar-refractivity contribution >= 4 is 35.2 Å². The van der Waals surface area contributed by atoms with Crippen molar-refractivity contribution in [1.82, 2.24) is 25.3 Å². The highest BCUT2D eigenvalue weighted by molar-refractivity contribution is 6.30. The smallest absolute Gasteiger partial charge is 0.289 e. The first kappa shape index (κ1) is 27.4. The maximum Gasteiger partial charge on any atom is 0.289 e. The molecule has 1 aromatic heterocycles. The molecule has 0 spiro atoms. The molecule has 9 nitrogen and oxygen atoms in total. The Balaban J connectivity index is 1.34. The first-order chi connectivity index (χ1) is 19.0. The number of nitrogens with zero attached hydrogens (tertiary/aromatic N) is 3. The van der Waals surface area contributed by atoms with Gasteiger partial charge in [0, 0.05) is 41.2 Å². The van der Waals surface area contributed by atoms with Crippen molar-refractivity contribution in [3.05, 3.63) is 75.4 Å². The molecule has 208 valence electrons. The summed E-state index contributed by atoms with van der Waals surface area (Å²) in [5.74, 6) is -1.92. The highest BCUT2D eigenvalue weighted by Gasteiger charge is 2.39. The van der Waals surface area contributed by atoms with Gasteiger partial charge in [0.2, 0.25) is 11.8 Å². The molecule has 0 saturated carbocycles. The fraction of sp³-hybridized carbons (Fsp3) is 0.296. The van der Waals surface area contributed by atoms with Crippen LogP contribution in [0.4, 0.5) is 13.2 Å². The standard InChI is InChI=1S/C27H23ClF3N5O4/c1-13-21(34-36(24(31)23(29)30)22(13)15-3-2-4-17(28)10-15)26(39)32-11-14-5-6-18-16(9-14)12-35(27(18)40)19-7-8-20(37)33-25(19)38/h2-6,9-10,19,23-24H,7-8,11-12H2,1H3,(H,32,39)(H,33,37,38). The molecule has 2 aliphatic rings. The highest BCUT2D eigenvalue weighted by Crippen LogP contribution is 2.33. The van der Waals surface area contributed by atoms with Crippen LogP contribution in [0.3, 0.4) is 0 Å². The Morgan fingerprint density at radius 1 is 1.18 bits per heavy atom. The zero-order chi connectivity index (χ0) is 28.7. The van der Waals surface area contributed by atoms with Gasteiger partial charge in [0.15, 0.2) is 5.69 Å². The normalized spacial score (nSPS) is 17.7. The van der Waals surface area contributed by atoms with Crippen molar-refractivity contribution in [2.45, 2.75) is 51.6 Å². The Morgan fingerprint density at radius 2 is 1.95 bits per heavy atom. The zero-order valence-electron chi connectivity index (χ0n) is 21.1. The molecule has 2 aromatic carbocycles. The van der Waals surface area contributed by atoms with E-state index in [9.17, 15) is 32.3 Å². The van der Waals surface area contributed by atoms with Crippen molar-refractivity contribution in [3.8, 4) is 11.3 Å². The molecule has 0 radical (unpaired) electrons. The van der Waals surface area contributed by atoms with Crippen molar-refractivity contribution in [1.29, 1.82) is 0 Å². The highest BCUT2D eigenvalue weighted by atomic mass is 35.5. The molecule has 0 bridgehead atoms. The summed E-state index contributed by atoms with van der Waals surface area (Å²) < 4.78 is 41.6. The van der Waals surface area contributed by atoms with Gasteiger partial charge in [-0.3, -0.25) is 24.5 Å². The predicted octanol–water partition coefficient (Wildman–Crippen LogP) is 3.94. The molecule has 5 rings (SSSR count). The second kappa shape index (κ2) is 10.8. The van der Waals surface area contributed by atoms with Gasteiger partial charge >= 0.3 is 0 Å². The lowest BCUT2D eigenvalue weighted by Gasteiger charge is -2.29. The van der Waals surface area contributed by atoms with E-state index in [4.69, 9.17) is 11.6 Å². The van der Waals surface area contributed by atoms with Crippen LogP contribution in [0.15, 0.2) is 42.5 Å². The van der Waals surface area contributed by atoms with E-state index in [-0.39, 0.29) is 54.7 Å². The number of carbonyl (C=O) groups excluding carboxylic acids is 4. The van der Waals surface area contributed by atoms with Crippen molar-refractivity contribution in [3.63, 3.8) is 0 Å². The molecule has 2 N–H and O–H groups in total. The molecule has 13 heteroatoms. The third-order valence-electron chi connectivity index (χ3n) is 6.94. The second-order valence-electron chi connectivity index (χ2n) is 9.56. The van der Waals surface area contributed by atoms with E-state index in [1.165, 1.54) is 17.9 Å². The molecule has 2 aliphatic heterocycles. The van der Waals surface area contributed by atoms with E-state index in [1.54, 1.807) is 36.4 Å². The maximum atomic E-state index is 14.5. The molecule has 4 amide bonds. The van der Waals surface area contributed by atoms with E-state index in [2.05, 4.69) is 15.7 Å². The number of piperidine rings is 1. The number of amides is 4. The quantitative estimate of drug-likeness (QED) is 0.416.